The average Bonchev–Trinajstić information content (AvgIpc) is 2.61. The van der Waals surface area contributed by atoms with Crippen molar-refractivity contribution in [2.75, 3.05) is 7.11 Å². The molecule has 0 heterocycles. The van der Waals surface area contributed by atoms with Gasteiger partial charge in [0.1, 0.15) is 5.75 Å². The predicted molar refractivity (Wildman–Crippen MR) is 92.8 cm³/mol. The van der Waals surface area contributed by atoms with E-state index in [1.165, 1.54) is 10.8 Å². The Hall–Kier alpha value is -2.81. The zero-order valence-corrected chi connectivity index (χ0v) is 13.2. The number of fused-ring (bicyclic) bond motifs is 1. The quantitative estimate of drug-likeness (QED) is 0.778. The molecule has 116 valence electrons. The first-order chi connectivity index (χ1) is 11.2. The van der Waals surface area contributed by atoms with E-state index in [0.717, 1.165) is 11.3 Å². The molecule has 0 radical (unpaired) electrons. The molecule has 0 unspecified atom stereocenters. The number of carbonyl (C=O) groups is 1. The highest BCUT2D eigenvalue weighted by Crippen LogP contribution is 2.21. The Balaban J connectivity index is 1.76. The summed E-state index contributed by atoms with van der Waals surface area (Å²) in [7, 11) is 1.61. The maximum atomic E-state index is 12.3. The second-order valence-corrected chi connectivity index (χ2v) is 5.53. The molecule has 3 aromatic rings. The van der Waals surface area contributed by atoms with Crippen molar-refractivity contribution in [3.63, 3.8) is 0 Å². The molecule has 0 spiro atoms. The largest absolute Gasteiger partial charge is 0.497 e. The molecule has 0 aromatic heterocycles. The van der Waals surface area contributed by atoms with Crippen LogP contribution in [0.4, 0.5) is 0 Å². The number of rotatable bonds is 4. The van der Waals surface area contributed by atoms with Crippen molar-refractivity contribution in [1.82, 2.24) is 5.32 Å². The van der Waals surface area contributed by atoms with Gasteiger partial charge in [-0.05, 0) is 53.6 Å². The third-order valence-electron chi connectivity index (χ3n) is 3.97. The van der Waals surface area contributed by atoms with Crippen LogP contribution in [0, 0.1) is 0 Å². The highest BCUT2D eigenvalue weighted by molar-refractivity contribution is 5.94. The average molecular weight is 305 g/mol. The molecule has 0 saturated carbocycles. The number of nitrogens with one attached hydrogen (secondary N) is 1. The van der Waals surface area contributed by atoms with Crippen LogP contribution in [0.2, 0.25) is 0 Å². The second kappa shape index (κ2) is 6.53. The fourth-order valence-electron chi connectivity index (χ4n) is 2.58. The number of carbonyl (C=O) groups excluding carboxylic acids is 1. The normalized spacial score (nSPS) is 11.9. The predicted octanol–water partition coefficient (Wildman–Crippen LogP) is 4.34. The minimum atomic E-state index is -0.0895. The van der Waals surface area contributed by atoms with Crippen molar-refractivity contribution in [1.29, 1.82) is 0 Å². The van der Waals surface area contributed by atoms with Gasteiger partial charge < -0.3 is 10.1 Å². The molecule has 23 heavy (non-hydrogen) atoms. The van der Waals surface area contributed by atoms with Gasteiger partial charge >= 0.3 is 0 Å². The molecule has 3 rings (SSSR count). The third kappa shape index (κ3) is 3.34. The fraction of sp³-hybridized carbons (Fsp3) is 0.150. The Kier molecular flexibility index (Phi) is 4.29. The molecule has 1 atom stereocenters. The Labute approximate surface area is 135 Å². The van der Waals surface area contributed by atoms with Crippen molar-refractivity contribution in [3.8, 4) is 5.75 Å². The lowest BCUT2D eigenvalue weighted by molar-refractivity contribution is 0.0940. The van der Waals surface area contributed by atoms with Gasteiger partial charge in [0, 0.05) is 5.56 Å². The van der Waals surface area contributed by atoms with E-state index in [2.05, 4.69) is 35.6 Å². The van der Waals surface area contributed by atoms with Crippen molar-refractivity contribution < 1.29 is 9.53 Å². The smallest absolute Gasteiger partial charge is 0.251 e. The van der Waals surface area contributed by atoms with Gasteiger partial charge in [-0.25, -0.2) is 0 Å². The monoisotopic (exact) mass is 305 g/mol. The summed E-state index contributed by atoms with van der Waals surface area (Å²) in [5.41, 5.74) is 1.71. The Bertz CT molecular complexity index is 824. The Morgan fingerprint density at radius 3 is 2.35 bits per heavy atom. The molecule has 0 fully saturated rings. The number of methoxy groups -OCH3 is 1. The SMILES string of the molecule is COc1ccc(C(=O)N[C@@H](C)c2ccc3ccccc3c2)cc1. The topological polar surface area (TPSA) is 38.3 Å². The van der Waals surface area contributed by atoms with Gasteiger partial charge in [-0.3, -0.25) is 4.79 Å². The molecular weight excluding hydrogens is 286 g/mol. The number of hydrogen-bond acceptors (Lipinski definition) is 2. The molecule has 0 aliphatic rings. The molecule has 0 saturated heterocycles. The molecule has 3 nitrogen and oxygen atoms in total. The summed E-state index contributed by atoms with van der Waals surface area (Å²) in [5.74, 6) is 0.650. The molecule has 3 aromatic carbocycles. The second-order valence-electron chi connectivity index (χ2n) is 5.53. The van der Waals surface area contributed by atoms with Gasteiger partial charge in [0.15, 0.2) is 0 Å². The van der Waals surface area contributed by atoms with Crippen molar-refractivity contribution in [2.45, 2.75) is 13.0 Å². The van der Waals surface area contributed by atoms with Crippen molar-refractivity contribution >= 4 is 16.7 Å². The summed E-state index contributed by atoms with van der Waals surface area (Å²) in [6.07, 6.45) is 0. The van der Waals surface area contributed by atoms with E-state index in [1.54, 1.807) is 31.4 Å². The van der Waals surface area contributed by atoms with Crippen LogP contribution >= 0.6 is 0 Å². The molecule has 1 N–H and O–H groups in total. The standard InChI is InChI=1S/C20H19NO2/c1-14(17-8-7-15-5-3-4-6-18(15)13-17)21-20(22)16-9-11-19(23-2)12-10-16/h3-14H,1-2H3,(H,21,22)/t14-/m0/s1. The van der Waals surface area contributed by atoms with Crippen LogP contribution in [0.5, 0.6) is 5.75 Å². The fourth-order valence-corrected chi connectivity index (χ4v) is 2.58. The van der Waals surface area contributed by atoms with E-state index in [0.29, 0.717) is 5.56 Å². The lowest BCUT2D eigenvalue weighted by Gasteiger charge is -2.15. The third-order valence-corrected chi connectivity index (χ3v) is 3.97. The van der Waals surface area contributed by atoms with Crippen LogP contribution in [-0.4, -0.2) is 13.0 Å². The molecule has 0 aliphatic heterocycles. The van der Waals surface area contributed by atoms with Crippen LogP contribution in [0.25, 0.3) is 10.8 Å². The number of benzene rings is 3. The molecule has 0 aliphatic carbocycles. The van der Waals surface area contributed by atoms with Gasteiger partial charge in [0.05, 0.1) is 13.2 Å². The van der Waals surface area contributed by atoms with E-state index in [9.17, 15) is 4.79 Å². The Morgan fingerprint density at radius 2 is 1.65 bits per heavy atom. The Morgan fingerprint density at radius 1 is 0.957 bits per heavy atom. The van der Waals surface area contributed by atoms with Crippen LogP contribution in [0.3, 0.4) is 0 Å². The molecule has 0 bridgehead atoms. The van der Waals surface area contributed by atoms with Crippen molar-refractivity contribution in [3.05, 3.63) is 77.9 Å². The molecule has 3 heteroatoms. The zero-order valence-electron chi connectivity index (χ0n) is 13.2. The molecular formula is C20H19NO2. The van der Waals surface area contributed by atoms with Crippen LogP contribution in [-0.2, 0) is 0 Å². The van der Waals surface area contributed by atoms with Crippen LogP contribution < -0.4 is 10.1 Å². The molecule has 1 amide bonds. The first-order valence-electron chi connectivity index (χ1n) is 7.61. The van der Waals surface area contributed by atoms with E-state index in [4.69, 9.17) is 4.74 Å². The van der Waals surface area contributed by atoms with Gasteiger partial charge in [-0.15, -0.1) is 0 Å². The summed E-state index contributed by atoms with van der Waals surface area (Å²) < 4.78 is 5.11. The van der Waals surface area contributed by atoms with E-state index < -0.39 is 0 Å². The van der Waals surface area contributed by atoms with Crippen LogP contribution in [0.15, 0.2) is 66.7 Å². The highest BCUT2D eigenvalue weighted by Gasteiger charge is 2.12. The first kappa shape index (κ1) is 15.1. The maximum Gasteiger partial charge on any atom is 0.251 e. The lowest BCUT2D eigenvalue weighted by Crippen LogP contribution is -2.26. The van der Waals surface area contributed by atoms with Crippen LogP contribution in [0.1, 0.15) is 28.9 Å². The summed E-state index contributed by atoms with van der Waals surface area (Å²) in [6.45, 7) is 1.99. The van der Waals surface area contributed by atoms with E-state index in [1.807, 2.05) is 19.1 Å². The number of amides is 1. The summed E-state index contributed by atoms with van der Waals surface area (Å²) in [4.78, 5) is 12.3. The maximum absolute atomic E-state index is 12.3. The lowest BCUT2D eigenvalue weighted by atomic mass is 10.0. The summed E-state index contributed by atoms with van der Waals surface area (Å²) in [5, 5.41) is 5.41. The highest BCUT2D eigenvalue weighted by atomic mass is 16.5. The van der Waals surface area contributed by atoms with Gasteiger partial charge in [0.2, 0.25) is 0 Å². The van der Waals surface area contributed by atoms with Gasteiger partial charge in [-0.1, -0.05) is 36.4 Å². The first-order valence-corrected chi connectivity index (χ1v) is 7.61. The zero-order chi connectivity index (χ0) is 16.2. The van der Waals surface area contributed by atoms with Crippen molar-refractivity contribution in [2.24, 2.45) is 0 Å². The summed E-state index contributed by atoms with van der Waals surface area (Å²) >= 11 is 0. The summed E-state index contributed by atoms with van der Waals surface area (Å²) in [6, 6.07) is 21.5. The number of ether oxygens (including phenoxy) is 1. The van der Waals surface area contributed by atoms with Gasteiger partial charge in [-0.2, -0.15) is 0 Å². The minimum Gasteiger partial charge on any atom is -0.497 e. The number of hydrogen-bond donors (Lipinski definition) is 1. The van der Waals surface area contributed by atoms with E-state index in [-0.39, 0.29) is 11.9 Å². The van der Waals surface area contributed by atoms with Gasteiger partial charge in [0.25, 0.3) is 5.91 Å². The minimum absolute atomic E-state index is 0.0609. The van der Waals surface area contributed by atoms with E-state index >= 15 is 0 Å².